The van der Waals surface area contributed by atoms with E-state index in [9.17, 15) is 19.5 Å². The number of piperidine rings is 1. The Labute approximate surface area is 176 Å². The van der Waals surface area contributed by atoms with E-state index in [0.29, 0.717) is 25.3 Å². The third kappa shape index (κ3) is 4.05. The number of carbonyl (C=O) groups is 3. The molecule has 2 aliphatic heterocycles. The van der Waals surface area contributed by atoms with Crippen LogP contribution < -0.4 is 10.2 Å². The molecule has 1 aromatic carbocycles. The van der Waals surface area contributed by atoms with E-state index in [1.165, 1.54) is 0 Å². The Morgan fingerprint density at radius 1 is 1.20 bits per heavy atom. The third-order valence-corrected chi connectivity index (χ3v) is 6.27. The van der Waals surface area contributed by atoms with Crippen LogP contribution in [0, 0.1) is 5.41 Å². The number of halogens is 1. The summed E-state index contributed by atoms with van der Waals surface area (Å²) in [5.74, 6) is -1.22. The van der Waals surface area contributed by atoms with E-state index in [-0.39, 0.29) is 25.3 Å². The van der Waals surface area contributed by atoms with Crippen LogP contribution in [0.25, 0.3) is 0 Å². The third-order valence-electron chi connectivity index (χ3n) is 6.27. The lowest BCUT2D eigenvalue weighted by molar-refractivity contribution is -0.148. The van der Waals surface area contributed by atoms with Gasteiger partial charge in [0.2, 0.25) is 5.91 Å². The fourth-order valence-corrected chi connectivity index (χ4v) is 4.13. The summed E-state index contributed by atoms with van der Waals surface area (Å²) in [6, 6.07) is 6.51. The fourth-order valence-electron chi connectivity index (χ4n) is 4.13. The molecule has 164 valence electrons. The summed E-state index contributed by atoms with van der Waals surface area (Å²) in [5.41, 5.74) is -2.00. The summed E-state index contributed by atoms with van der Waals surface area (Å²) in [6.45, 7) is 7.84. The first-order valence-corrected chi connectivity index (χ1v) is 10.2. The Bertz CT molecular complexity index is 860. The second-order valence-corrected chi connectivity index (χ2v) is 9.56. The molecule has 0 radical (unpaired) electrons. The van der Waals surface area contributed by atoms with Gasteiger partial charge in [0.25, 0.3) is 0 Å². The molecule has 0 unspecified atom stereocenters. The first-order valence-electron chi connectivity index (χ1n) is 10.2. The molecular formula is C22H30FN3O4. The number of aliphatic carboxylic acids is 1. The monoisotopic (exact) mass is 419 g/mol. The van der Waals surface area contributed by atoms with E-state index in [1.54, 1.807) is 39.8 Å². The summed E-state index contributed by atoms with van der Waals surface area (Å²) in [5, 5.41) is 11.9. The SMILES string of the molecule is CC(C)(CN1CCC(F)(CNC(=O)N2C(=O)C(C)(C)c3ccccc32)CC1)C(=O)O. The van der Waals surface area contributed by atoms with Crippen LogP contribution in [0.2, 0.25) is 0 Å². The van der Waals surface area contributed by atoms with E-state index >= 15 is 4.39 Å². The van der Waals surface area contributed by atoms with E-state index in [1.807, 2.05) is 17.0 Å². The van der Waals surface area contributed by atoms with Crippen molar-refractivity contribution < 1.29 is 23.9 Å². The highest BCUT2D eigenvalue weighted by molar-refractivity contribution is 6.22. The number of amides is 3. The van der Waals surface area contributed by atoms with Crippen LogP contribution in [0.15, 0.2) is 24.3 Å². The van der Waals surface area contributed by atoms with Gasteiger partial charge in [-0.25, -0.2) is 14.1 Å². The number of rotatable bonds is 5. The van der Waals surface area contributed by atoms with Crippen molar-refractivity contribution in [2.45, 2.75) is 51.6 Å². The minimum Gasteiger partial charge on any atom is -0.481 e. The summed E-state index contributed by atoms with van der Waals surface area (Å²) in [6.07, 6.45) is 0.387. The van der Waals surface area contributed by atoms with Crippen molar-refractivity contribution in [1.82, 2.24) is 10.2 Å². The maximum atomic E-state index is 15.3. The number of carboxylic acids is 1. The van der Waals surface area contributed by atoms with Gasteiger partial charge in [0.15, 0.2) is 0 Å². The number of hydrogen-bond donors (Lipinski definition) is 2. The largest absolute Gasteiger partial charge is 0.481 e. The van der Waals surface area contributed by atoms with Crippen molar-refractivity contribution in [2.75, 3.05) is 31.1 Å². The van der Waals surface area contributed by atoms with Crippen LogP contribution >= 0.6 is 0 Å². The van der Waals surface area contributed by atoms with E-state index in [4.69, 9.17) is 0 Å². The molecule has 0 bridgehead atoms. The Morgan fingerprint density at radius 3 is 2.40 bits per heavy atom. The number of urea groups is 1. The van der Waals surface area contributed by atoms with Crippen molar-refractivity contribution >= 4 is 23.6 Å². The number of imide groups is 1. The van der Waals surface area contributed by atoms with Crippen molar-refractivity contribution in [1.29, 1.82) is 0 Å². The average molecular weight is 419 g/mol. The number of carboxylic acid groups (broad SMARTS) is 1. The topological polar surface area (TPSA) is 90.0 Å². The molecule has 7 nitrogen and oxygen atoms in total. The average Bonchev–Trinajstić information content (AvgIpc) is 2.88. The van der Waals surface area contributed by atoms with Crippen LogP contribution in [-0.2, 0) is 15.0 Å². The van der Waals surface area contributed by atoms with Crippen molar-refractivity contribution in [3.05, 3.63) is 29.8 Å². The van der Waals surface area contributed by atoms with E-state index in [2.05, 4.69) is 5.32 Å². The van der Waals surface area contributed by atoms with Gasteiger partial charge in [0, 0.05) is 19.6 Å². The molecule has 3 rings (SSSR count). The number of nitrogens with zero attached hydrogens (tertiary/aromatic N) is 2. The Hall–Kier alpha value is -2.48. The molecule has 8 heteroatoms. The van der Waals surface area contributed by atoms with Gasteiger partial charge in [-0.1, -0.05) is 18.2 Å². The maximum Gasteiger partial charge on any atom is 0.328 e. The molecule has 2 heterocycles. The van der Waals surface area contributed by atoms with Crippen molar-refractivity contribution in [2.24, 2.45) is 5.41 Å². The molecule has 3 amide bonds. The van der Waals surface area contributed by atoms with E-state index < -0.39 is 28.5 Å². The number of anilines is 1. The lowest BCUT2D eigenvalue weighted by atomic mass is 9.86. The fraction of sp³-hybridized carbons (Fsp3) is 0.591. The van der Waals surface area contributed by atoms with Crippen LogP contribution in [0.1, 0.15) is 46.1 Å². The highest BCUT2D eigenvalue weighted by Gasteiger charge is 2.47. The lowest BCUT2D eigenvalue weighted by Crippen LogP contribution is -2.53. The predicted octanol–water partition coefficient (Wildman–Crippen LogP) is 2.94. The number of carbonyl (C=O) groups excluding carboxylic acids is 2. The number of likely N-dealkylation sites (tertiary alicyclic amines) is 1. The maximum absolute atomic E-state index is 15.3. The minimum atomic E-state index is -1.59. The summed E-state index contributed by atoms with van der Waals surface area (Å²) < 4.78 is 15.3. The molecule has 1 fully saturated rings. The van der Waals surface area contributed by atoms with Gasteiger partial charge in [0.05, 0.1) is 23.1 Å². The van der Waals surface area contributed by atoms with Crippen LogP contribution in [-0.4, -0.2) is 59.8 Å². The van der Waals surface area contributed by atoms with Crippen LogP contribution in [0.5, 0.6) is 0 Å². The van der Waals surface area contributed by atoms with E-state index in [0.717, 1.165) is 10.5 Å². The van der Waals surface area contributed by atoms with Crippen molar-refractivity contribution in [3.63, 3.8) is 0 Å². The van der Waals surface area contributed by atoms with Crippen LogP contribution in [0.3, 0.4) is 0 Å². The summed E-state index contributed by atoms with van der Waals surface area (Å²) >= 11 is 0. The number of fused-ring (bicyclic) bond motifs is 1. The number of para-hydroxylation sites is 1. The standard InChI is InChI=1S/C22H30FN3O4/c1-20(2,18(28)29)14-25-11-9-22(23,10-12-25)13-24-19(30)26-16-8-6-5-7-15(16)21(3,4)17(26)27/h5-8H,9-14H2,1-4H3,(H,24,30)(H,28,29). The molecule has 0 aromatic heterocycles. The molecule has 0 saturated carbocycles. The molecule has 2 N–H and O–H groups in total. The lowest BCUT2D eigenvalue weighted by Gasteiger charge is -2.39. The van der Waals surface area contributed by atoms with Gasteiger partial charge in [-0.15, -0.1) is 0 Å². The second kappa shape index (κ2) is 7.65. The Balaban J connectivity index is 1.59. The van der Waals surface area contributed by atoms with Gasteiger partial charge < -0.3 is 15.3 Å². The predicted molar refractivity (Wildman–Crippen MR) is 111 cm³/mol. The molecule has 0 atom stereocenters. The molecule has 1 saturated heterocycles. The summed E-state index contributed by atoms with van der Waals surface area (Å²) in [7, 11) is 0. The minimum absolute atomic E-state index is 0.186. The molecule has 2 aliphatic rings. The van der Waals surface area contributed by atoms with Gasteiger partial charge in [-0.3, -0.25) is 9.59 Å². The second-order valence-electron chi connectivity index (χ2n) is 9.56. The van der Waals surface area contributed by atoms with Crippen LogP contribution in [0.4, 0.5) is 14.9 Å². The first-order chi connectivity index (χ1) is 13.9. The molecule has 0 aliphatic carbocycles. The van der Waals surface area contributed by atoms with Gasteiger partial charge in [0.1, 0.15) is 5.67 Å². The number of alkyl halides is 1. The molecule has 0 spiro atoms. The number of nitrogens with one attached hydrogen (secondary N) is 1. The van der Waals surface area contributed by atoms with Gasteiger partial charge in [-0.05, 0) is 52.2 Å². The van der Waals surface area contributed by atoms with Crippen molar-refractivity contribution in [3.8, 4) is 0 Å². The zero-order valence-corrected chi connectivity index (χ0v) is 18.0. The normalized spacial score (nSPS) is 20.7. The zero-order chi connectivity index (χ0) is 22.3. The Kier molecular flexibility index (Phi) is 5.66. The zero-order valence-electron chi connectivity index (χ0n) is 18.0. The first kappa shape index (κ1) is 22.2. The number of hydrogen-bond acceptors (Lipinski definition) is 4. The smallest absolute Gasteiger partial charge is 0.328 e. The molecule has 1 aromatic rings. The Morgan fingerprint density at radius 2 is 1.80 bits per heavy atom. The highest BCUT2D eigenvalue weighted by atomic mass is 19.1. The quantitative estimate of drug-likeness (QED) is 0.766. The molecule has 30 heavy (non-hydrogen) atoms. The summed E-state index contributed by atoms with van der Waals surface area (Å²) in [4.78, 5) is 39.9. The highest BCUT2D eigenvalue weighted by Crippen LogP contribution is 2.41. The van der Waals surface area contributed by atoms with Gasteiger partial charge in [-0.2, -0.15) is 0 Å². The number of benzene rings is 1. The molecular weight excluding hydrogens is 389 g/mol. The van der Waals surface area contributed by atoms with Gasteiger partial charge >= 0.3 is 12.0 Å².